The third kappa shape index (κ3) is 12.4. The monoisotopic (exact) mass is 774 g/mol. The van der Waals surface area contributed by atoms with E-state index in [9.17, 15) is 24.0 Å². The van der Waals surface area contributed by atoms with Gasteiger partial charge in [0, 0.05) is 13.0 Å². The largest absolute Gasteiger partial charge is 0.481 e. The molecule has 1 saturated heterocycles. The van der Waals surface area contributed by atoms with E-state index in [0.29, 0.717) is 5.56 Å². The van der Waals surface area contributed by atoms with Gasteiger partial charge in [0.25, 0.3) is 0 Å². The van der Waals surface area contributed by atoms with Crippen molar-refractivity contribution in [3.8, 4) is 10.4 Å². The van der Waals surface area contributed by atoms with Gasteiger partial charge in [0.2, 0.25) is 11.8 Å². The molecule has 1 aromatic carbocycles. The molecular formula is C38H58N4O9SSi. The van der Waals surface area contributed by atoms with Crippen LogP contribution in [0.1, 0.15) is 98.9 Å². The lowest BCUT2D eigenvalue weighted by Crippen LogP contribution is -2.58. The van der Waals surface area contributed by atoms with Crippen molar-refractivity contribution in [2.24, 2.45) is 5.41 Å². The van der Waals surface area contributed by atoms with Crippen LogP contribution in [0.3, 0.4) is 0 Å². The summed E-state index contributed by atoms with van der Waals surface area (Å²) in [6, 6.07) is 4.60. The number of nitrogens with zero attached hydrogens (tertiary/aromatic N) is 2. The number of rotatable bonds is 13. The Morgan fingerprint density at radius 2 is 1.60 bits per heavy atom. The van der Waals surface area contributed by atoms with Crippen LogP contribution in [-0.4, -0.2) is 90.1 Å². The third-order valence-corrected chi connectivity index (χ3v) is 15.0. The molecule has 0 unspecified atom stereocenters. The van der Waals surface area contributed by atoms with Gasteiger partial charge in [0.15, 0.2) is 8.32 Å². The molecule has 1 aromatic heterocycles. The lowest BCUT2D eigenvalue weighted by Gasteiger charge is -2.38. The summed E-state index contributed by atoms with van der Waals surface area (Å²) in [5.41, 5.74) is 2.67. The number of aromatic nitrogens is 1. The minimum Gasteiger partial charge on any atom is -0.481 e. The van der Waals surface area contributed by atoms with Gasteiger partial charge < -0.3 is 34.5 Å². The molecule has 2 aromatic rings. The number of benzene rings is 1. The first kappa shape index (κ1) is 43.6. The van der Waals surface area contributed by atoms with Crippen molar-refractivity contribution in [3.63, 3.8) is 0 Å². The molecule has 0 radical (unpaired) electrons. The number of aliphatic carboxylic acids is 1. The van der Waals surface area contributed by atoms with E-state index in [1.54, 1.807) is 26.3 Å². The van der Waals surface area contributed by atoms with Gasteiger partial charge in [-0.05, 0) is 62.4 Å². The predicted molar refractivity (Wildman–Crippen MR) is 206 cm³/mol. The van der Waals surface area contributed by atoms with E-state index < -0.39 is 73.4 Å². The summed E-state index contributed by atoms with van der Waals surface area (Å²) in [7, 11) is -2.34. The Labute approximate surface area is 318 Å². The van der Waals surface area contributed by atoms with Gasteiger partial charge in [-0.3, -0.25) is 19.2 Å². The van der Waals surface area contributed by atoms with Crippen LogP contribution in [0.25, 0.3) is 10.4 Å². The van der Waals surface area contributed by atoms with E-state index in [4.69, 9.17) is 19.0 Å². The number of carbonyl (C=O) groups excluding carboxylic acids is 4. The number of aryl methyl sites for hydroxylation is 1. The van der Waals surface area contributed by atoms with Crippen molar-refractivity contribution >= 4 is 49.5 Å². The molecule has 0 bridgehead atoms. The normalized spacial score (nSPS) is 17.8. The molecule has 1 aliphatic rings. The van der Waals surface area contributed by atoms with Crippen LogP contribution in [0, 0.1) is 12.3 Å². The minimum absolute atomic E-state index is 0.129. The first-order valence-corrected chi connectivity index (χ1v) is 21.7. The molecule has 15 heteroatoms. The van der Waals surface area contributed by atoms with Crippen molar-refractivity contribution < 1.29 is 43.0 Å². The number of carboxylic acids is 1. The van der Waals surface area contributed by atoms with Crippen molar-refractivity contribution in [1.29, 1.82) is 0 Å². The molecule has 294 valence electrons. The number of nitrogens with one attached hydrogen (secondary N) is 2. The average molecular weight is 775 g/mol. The Balaban J connectivity index is 1.98. The molecule has 0 saturated carbocycles. The first-order valence-electron chi connectivity index (χ1n) is 17.9. The zero-order valence-corrected chi connectivity index (χ0v) is 35.1. The maximum Gasteiger partial charge on any atom is 0.408 e. The molecule has 53 heavy (non-hydrogen) atoms. The summed E-state index contributed by atoms with van der Waals surface area (Å²) >= 11 is 1.51. The molecule has 3 N–H and O–H groups in total. The van der Waals surface area contributed by atoms with E-state index in [1.165, 1.54) is 16.2 Å². The molecule has 3 rings (SSSR count). The van der Waals surface area contributed by atoms with Gasteiger partial charge in [0.05, 0.1) is 41.1 Å². The minimum atomic E-state index is -2.34. The number of hydrogen-bond donors (Lipinski definition) is 3. The van der Waals surface area contributed by atoms with Crippen molar-refractivity contribution in [2.45, 2.75) is 136 Å². The molecule has 1 fully saturated rings. The number of hydrogen-bond acceptors (Lipinski definition) is 10. The molecule has 0 spiro atoms. The molecule has 1 aliphatic heterocycles. The summed E-state index contributed by atoms with van der Waals surface area (Å²) in [5, 5.41) is 14.7. The zero-order valence-electron chi connectivity index (χ0n) is 33.2. The summed E-state index contributed by atoms with van der Waals surface area (Å²) < 4.78 is 17.7. The summed E-state index contributed by atoms with van der Waals surface area (Å²) in [4.78, 5) is 72.2. The maximum absolute atomic E-state index is 14.5. The Morgan fingerprint density at radius 3 is 2.11 bits per heavy atom. The highest BCUT2D eigenvalue weighted by atomic mass is 32.1. The van der Waals surface area contributed by atoms with Crippen LogP contribution >= 0.6 is 11.3 Å². The smallest absolute Gasteiger partial charge is 0.408 e. The third-order valence-electron chi connectivity index (χ3n) is 9.48. The maximum atomic E-state index is 14.5. The van der Waals surface area contributed by atoms with Gasteiger partial charge in [-0.25, -0.2) is 9.78 Å². The second-order valence-electron chi connectivity index (χ2n) is 17.2. The van der Waals surface area contributed by atoms with E-state index in [-0.39, 0.29) is 37.5 Å². The molecule has 0 aliphatic carbocycles. The van der Waals surface area contributed by atoms with Crippen molar-refractivity contribution in [3.05, 3.63) is 41.0 Å². The number of likely N-dealkylation sites (tertiary alicyclic amines) is 1. The van der Waals surface area contributed by atoms with Gasteiger partial charge >= 0.3 is 18.0 Å². The number of ether oxygens (including phenoxy) is 2. The van der Waals surface area contributed by atoms with E-state index >= 15 is 0 Å². The molecular weight excluding hydrogens is 717 g/mol. The standard InChI is InChI=1S/C38H58N4O9SSi/c1-23-31(52-22-39-23)25-15-13-24(14-16-25)27(21-49-30(45)18-17-29(43)44)40-33(46)28-19-26(51-53(11,12)38(8,9)10)20-42(28)34(47)32(36(2,3)4)41-35(48)50-37(5,6)7/h13-16,22,26-28,32H,17-21H2,1-12H3,(H,40,46)(H,41,48)(H,43,44)/t26-,27+,28+,32-/m1/s1. The molecule has 13 nitrogen and oxygen atoms in total. The van der Waals surface area contributed by atoms with Crippen molar-refractivity contribution in [2.75, 3.05) is 13.2 Å². The van der Waals surface area contributed by atoms with E-state index in [1.807, 2.05) is 52.0 Å². The number of carboxylic acid groups (broad SMARTS) is 1. The lowest BCUT2D eigenvalue weighted by atomic mass is 9.85. The average Bonchev–Trinajstić information content (AvgIpc) is 3.64. The predicted octanol–water partition coefficient (Wildman–Crippen LogP) is 6.61. The van der Waals surface area contributed by atoms with Gasteiger partial charge in [-0.15, -0.1) is 11.3 Å². The molecule has 3 amide bonds. The van der Waals surface area contributed by atoms with Gasteiger partial charge in [-0.2, -0.15) is 0 Å². The molecule has 4 atom stereocenters. The number of esters is 1. The van der Waals surface area contributed by atoms with Gasteiger partial charge in [0.1, 0.15) is 24.3 Å². The first-order chi connectivity index (χ1) is 24.3. The van der Waals surface area contributed by atoms with Crippen molar-refractivity contribution in [1.82, 2.24) is 20.5 Å². The second-order valence-corrected chi connectivity index (χ2v) is 22.8. The Morgan fingerprint density at radius 1 is 0.981 bits per heavy atom. The van der Waals surface area contributed by atoms with Crippen LogP contribution < -0.4 is 10.6 Å². The van der Waals surface area contributed by atoms with Gasteiger partial charge in [-0.1, -0.05) is 65.8 Å². The highest BCUT2D eigenvalue weighted by molar-refractivity contribution is 7.13. The van der Waals surface area contributed by atoms with Crippen LogP contribution in [0.15, 0.2) is 29.8 Å². The van der Waals surface area contributed by atoms with E-state index in [2.05, 4.69) is 49.5 Å². The summed E-state index contributed by atoms with van der Waals surface area (Å²) in [6.07, 6.45) is -1.70. The second kappa shape index (κ2) is 17.1. The number of alkyl carbamates (subject to hydrolysis) is 1. The fourth-order valence-electron chi connectivity index (χ4n) is 5.60. The number of thiazole rings is 1. The zero-order chi connectivity index (χ0) is 40.1. The Kier molecular flexibility index (Phi) is 14.1. The Bertz CT molecular complexity index is 1620. The summed E-state index contributed by atoms with van der Waals surface area (Å²) in [5.74, 6) is -2.79. The van der Waals surface area contributed by atoms with Crippen LogP contribution in [-0.2, 0) is 33.1 Å². The number of carbonyl (C=O) groups is 5. The highest BCUT2D eigenvalue weighted by Crippen LogP contribution is 2.39. The fraction of sp³-hybridized carbons (Fsp3) is 0.632. The quantitative estimate of drug-likeness (QED) is 0.148. The SMILES string of the molecule is Cc1ncsc1-c1ccc([C@H](COC(=O)CCC(=O)O)NC(=O)[C@@H]2C[C@@H](O[Si](C)(C)C(C)(C)C)CN2C(=O)[C@@H](NC(=O)OC(C)(C)C)C(C)(C)C)cc1. The molecule has 2 heterocycles. The number of amides is 3. The van der Waals surface area contributed by atoms with E-state index in [0.717, 1.165) is 16.1 Å². The fourth-order valence-corrected chi connectivity index (χ4v) is 7.77. The highest BCUT2D eigenvalue weighted by Gasteiger charge is 2.48. The van der Waals surface area contributed by atoms with Crippen LogP contribution in [0.4, 0.5) is 4.79 Å². The van der Waals surface area contributed by atoms with Crippen LogP contribution in [0.5, 0.6) is 0 Å². The summed E-state index contributed by atoms with van der Waals surface area (Å²) in [6.45, 7) is 23.0. The topological polar surface area (TPSA) is 173 Å². The Hall–Kier alpha value is -3.82. The lowest BCUT2D eigenvalue weighted by molar-refractivity contribution is -0.149. The van der Waals surface area contributed by atoms with Crippen LogP contribution in [0.2, 0.25) is 18.1 Å².